The molecule has 0 spiro atoms. The molecule has 0 fully saturated rings. The molecule has 0 amide bonds. The van der Waals surface area contributed by atoms with Crippen LogP contribution in [0.2, 0.25) is 0 Å². The Bertz CT molecular complexity index is 428. The number of benzene rings is 1. The van der Waals surface area contributed by atoms with Crippen molar-refractivity contribution < 1.29 is 4.42 Å². The second-order valence-electron chi connectivity index (χ2n) is 3.17. The van der Waals surface area contributed by atoms with E-state index in [4.69, 9.17) is 4.42 Å². The zero-order valence-corrected chi connectivity index (χ0v) is 9.50. The molecule has 0 N–H and O–H groups in total. The van der Waals surface area contributed by atoms with E-state index in [1.54, 1.807) is 0 Å². The summed E-state index contributed by atoms with van der Waals surface area (Å²) in [6.45, 7) is 4.08. The first-order valence-electron chi connectivity index (χ1n) is 4.22. The van der Waals surface area contributed by atoms with Gasteiger partial charge >= 0.3 is 0 Å². The highest BCUT2D eigenvalue weighted by Gasteiger charge is 2.07. The summed E-state index contributed by atoms with van der Waals surface area (Å²) in [4.78, 5) is 0. The monoisotopic (exact) mass is 252 g/mol. The van der Waals surface area contributed by atoms with E-state index in [0.29, 0.717) is 5.89 Å². The first kappa shape index (κ1) is 9.40. The minimum Gasteiger partial charge on any atom is -0.423 e. The Hall–Kier alpha value is -1.16. The van der Waals surface area contributed by atoms with Gasteiger partial charge in [0, 0.05) is 10.0 Å². The van der Waals surface area contributed by atoms with Gasteiger partial charge in [-0.25, -0.2) is 0 Å². The van der Waals surface area contributed by atoms with Gasteiger partial charge in [-0.15, -0.1) is 10.2 Å². The SMILES string of the molecule is Cc1cc(-c2nnco2)cc(C)c1Br. The van der Waals surface area contributed by atoms with E-state index >= 15 is 0 Å². The van der Waals surface area contributed by atoms with E-state index in [0.717, 1.165) is 10.0 Å². The van der Waals surface area contributed by atoms with Crippen LogP contribution in [0.1, 0.15) is 11.1 Å². The molecule has 72 valence electrons. The van der Waals surface area contributed by atoms with Crippen LogP contribution in [0.25, 0.3) is 11.5 Å². The van der Waals surface area contributed by atoms with Crippen LogP contribution in [0.3, 0.4) is 0 Å². The van der Waals surface area contributed by atoms with Crippen molar-refractivity contribution in [3.63, 3.8) is 0 Å². The number of halogens is 1. The van der Waals surface area contributed by atoms with E-state index < -0.39 is 0 Å². The van der Waals surface area contributed by atoms with Crippen LogP contribution in [0, 0.1) is 13.8 Å². The summed E-state index contributed by atoms with van der Waals surface area (Å²) >= 11 is 3.51. The van der Waals surface area contributed by atoms with Gasteiger partial charge in [-0.05, 0) is 37.1 Å². The number of aromatic nitrogens is 2. The molecule has 2 rings (SSSR count). The van der Waals surface area contributed by atoms with Crippen LogP contribution in [-0.4, -0.2) is 10.2 Å². The third-order valence-electron chi connectivity index (χ3n) is 2.04. The van der Waals surface area contributed by atoms with Crippen molar-refractivity contribution in [3.8, 4) is 11.5 Å². The molecule has 0 unspecified atom stereocenters. The summed E-state index contributed by atoms with van der Waals surface area (Å²) in [7, 11) is 0. The maximum atomic E-state index is 5.13. The predicted octanol–water partition coefficient (Wildman–Crippen LogP) is 3.12. The van der Waals surface area contributed by atoms with Crippen LogP contribution in [0.4, 0.5) is 0 Å². The van der Waals surface area contributed by atoms with E-state index in [1.165, 1.54) is 17.5 Å². The van der Waals surface area contributed by atoms with Crippen LogP contribution < -0.4 is 0 Å². The minimum atomic E-state index is 0.559. The zero-order valence-electron chi connectivity index (χ0n) is 7.91. The van der Waals surface area contributed by atoms with Crippen molar-refractivity contribution in [2.75, 3.05) is 0 Å². The largest absolute Gasteiger partial charge is 0.423 e. The van der Waals surface area contributed by atoms with Crippen LogP contribution in [0.15, 0.2) is 27.4 Å². The number of hydrogen-bond acceptors (Lipinski definition) is 3. The Morgan fingerprint density at radius 2 is 1.86 bits per heavy atom. The summed E-state index contributed by atoms with van der Waals surface area (Å²) in [5.41, 5.74) is 3.29. The molecule has 0 saturated heterocycles. The van der Waals surface area contributed by atoms with Crippen molar-refractivity contribution in [1.82, 2.24) is 10.2 Å². The second-order valence-corrected chi connectivity index (χ2v) is 3.96. The van der Waals surface area contributed by atoms with E-state index in [9.17, 15) is 0 Å². The van der Waals surface area contributed by atoms with Gasteiger partial charge in [0.05, 0.1) is 0 Å². The first-order valence-corrected chi connectivity index (χ1v) is 5.01. The van der Waals surface area contributed by atoms with Crippen LogP contribution in [0.5, 0.6) is 0 Å². The summed E-state index contributed by atoms with van der Waals surface area (Å²) in [5, 5.41) is 7.52. The molecule has 0 aliphatic rings. The Balaban J connectivity index is 2.57. The number of hydrogen-bond donors (Lipinski definition) is 0. The highest BCUT2D eigenvalue weighted by Crippen LogP contribution is 2.27. The molecule has 0 bridgehead atoms. The molecule has 0 atom stereocenters. The molecule has 4 heteroatoms. The number of aryl methyl sites for hydroxylation is 2. The fraction of sp³-hybridized carbons (Fsp3) is 0.200. The molecule has 1 aromatic carbocycles. The normalized spacial score (nSPS) is 10.5. The second kappa shape index (κ2) is 3.53. The highest BCUT2D eigenvalue weighted by molar-refractivity contribution is 9.10. The molecule has 14 heavy (non-hydrogen) atoms. The molecule has 2 aromatic rings. The van der Waals surface area contributed by atoms with E-state index in [-0.39, 0.29) is 0 Å². The lowest BCUT2D eigenvalue weighted by Gasteiger charge is -2.04. The molecule has 1 heterocycles. The average Bonchev–Trinajstić information content (AvgIpc) is 2.66. The van der Waals surface area contributed by atoms with Crippen LogP contribution in [-0.2, 0) is 0 Å². The third kappa shape index (κ3) is 1.57. The van der Waals surface area contributed by atoms with Crippen molar-refractivity contribution >= 4 is 15.9 Å². The first-order chi connectivity index (χ1) is 6.68. The summed E-state index contributed by atoms with van der Waals surface area (Å²) < 4.78 is 6.26. The molecule has 0 aliphatic carbocycles. The third-order valence-corrected chi connectivity index (χ3v) is 3.29. The summed E-state index contributed by atoms with van der Waals surface area (Å²) in [6, 6.07) is 4.04. The topological polar surface area (TPSA) is 38.9 Å². The van der Waals surface area contributed by atoms with Crippen molar-refractivity contribution in [2.24, 2.45) is 0 Å². The van der Waals surface area contributed by atoms with Crippen molar-refractivity contribution in [3.05, 3.63) is 34.1 Å². The van der Waals surface area contributed by atoms with Crippen molar-refractivity contribution in [1.29, 1.82) is 0 Å². The van der Waals surface area contributed by atoms with Crippen molar-refractivity contribution in [2.45, 2.75) is 13.8 Å². The standard InChI is InChI=1S/C10H9BrN2O/c1-6-3-8(4-7(2)9(6)11)10-13-12-5-14-10/h3-5H,1-2H3. The van der Waals surface area contributed by atoms with E-state index in [2.05, 4.69) is 26.1 Å². The zero-order chi connectivity index (χ0) is 10.1. The van der Waals surface area contributed by atoms with Gasteiger partial charge in [0.2, 0.25) is 12.3 Å². The van der Waals surface area contributed by atoms with Gasteiger partial charge in [-0.2, -0.15) is 0 Å². The number of rotatable bonds is 1. The predicted molar refractivity (Wildman–Crippen MR) is 56.9 cm³/mol. The fourth-order valence-electron chi connectivity index (χ4n) is 1.37. The fourth-order valence-corrected chi connectivity index (χ4v) is 1.60. The van der Waals surface area contributed by atoms with Crippen LogP contribution >= 0.6 is 15.9 Å². The quantitative estimate of drug-likeness (QED) is 0.783. The van der Waals surface area contributed by atoms with Gasteiger partial charge in [0.1, 0.15) is 0 Å². The van der Waals surface area contributed by atoms with E-state index in [1.807, 2.05) is 26.0 Å². The Morgan fingerprint density at radius 3 is 2.36 bits per heavy atom. The smallest absolute Gasteiger partial charge is 0.247 e. The Morgan fingerprint density at radius 1 is 1.21 bits per heavy atom. The van der Waals surface area contributed by atoms with Gasteiger partial charge in [0.25, 0.3) is 0 Å². The maximum Gasteiger partial charge on any atom is 0.247 e. The lowest BCUT2D eigenvalue weighted by Crippen LogP contribution is -1.85. The lowest BCUT2D eigenvalue weighted by molar-refractivity contribution is 0.568. The molecule has 1 aromatic heterocycles. The van der Waals surface area contributed by atoms with Gasteiger partial charge in [-0.3, -0.25) is 0 Å². The molecule has 0 saturated carbocycles. The van der Waals surface area contributed by atoms with Gasteiger partial charge < -0.3 is 4.42 Å². The summed E-state index contributed by atoms with van der Waals surface area (Å²) in [5.74, 6) is 0.559. The highest BCUT2D eigenvalue weighted by atomic mass is 79.9. The maximum absolute atomic E-state index is 5.13. The lowest BCUT2D eigenvalue weighted by atomic mass is 10.1. The average molecular weight is 253 g/mol. The summed E-state index contributed by atoms with van der Waals surface area (Å²) in [6.07, 6.45) is 1.34. The van der Waals surface area contributed by atoms with Gasteiger partial charge in [0.15, 0.2) is 0 Å². The molecular formula is C10H9BrN2O. The van der Waals surface area contributed by atoms with Gasteiger partial charge in [-0.1, -0.05) is 15.9 Å². The minimum absolute atomic E-state index is 0.559. The Labute approximate surface area is 90.3 Å². The Kier molecular flexibility index (Phi) is 2.37. The number of nitrogens with zero attached hydrogens (tertiary/aromatic N) is 2. The molecule has 0 radical (unpaired) electrons. The molecule has 0 aliphatic heterocycles. The molecular weight excluding hydrogens is 244 g/mol. The molecule has 3 nitrogen and oxygen atoms in total.